The van der Waals surface area contributed by atoms with E-state index in [1.165, 1.54) is 100 Å². The monoisotopic (exact) mass is 827 g/mol. The zero-order valence-corrected chi connectivity index (χ0v) is 36.5. The highest BCUT2D eigenvalue weighted by Gasteiger charge is 2.53. The Morgan fingerprint density at radius 1 is 0.292 bits per heavy atom. The second kappa shape index (κ2) is 14.3. The predicted molar refractivity (Wildman–Crippen MR) is 271 cm³/mol. The number of rotatable bonds is 6. The Hall–Kier alpha value is -8.00. The standard InChI is InChI=1S/C64H45N/c1-63(2)55-28-14-9-24-50(55)53-38-37-46(41-59(53)63)65(60-32-18-13-23-47(60)42-19-5-3-6-20-42)45-35-33-44(34-36-45)49-40-39-48(43-21-7-4-8-22-43)61-54-27-12-17-31-58(54)64(62(49)61)56-29-15-10-25-51(56)52-26-11-16-30-57(52)64/h3-41H,1-2H3. The fraction of sp³-hybridized carbons (Fsp3) is 0.0625. The minimum absolute atomic E-state index is 0.131. The van der Waals surface area contributed by atoms with Gasteiger partial charge in [-0.05, 0) is 125 Å². The lowest BCUT2D eigenvalue weighted by molar-refractivity contribution is 0.660. The summed E-state index contributed by atoms with van der Waals surface area (Å²) in [6.45, 7) is 4.73. The highest BCUT2D eigenvalue weighted by Crippen LogP contribution is 2.66. The summed E-state index contributed by atoms with van der Waals surface area (Å²) in [5.74, 6) is 0. The highest BCUT2D eigenvalue weighted by atomic mass is 15.1. The van der Waals surface area contributed by atoms with E-state index in [0.717, 1.165) is 17.1 Å². The molecule has 3 aliphatic rings. The first kappa shape index (κ1) is 37.5. The van der Waals surface area contributed by atoms with E-state index in [0.29, 0.717) is 0 Å². The molecule has 65 heavy (non-hydrogen) atoms. The van der Waals surface area contributed by atoms with Gasteiger partial charge in [0.15, 0.2) is 0 Å². The second-order valence-corrected chi connectivity index (χ2v) is 18.3. The quantitative estimate of drug-likeness (QED) is 0.161. The topological polar surface area (TPSA) is 3.24 Å². The molecule has 10 aromatic carbocycles. The SMILES string of the molecule is CC1(C)c2ccccc2-c2ccc(N(c3ccc(-c4ccc(-c5ccccc5)c5c4C4(c6ccccc6-c6ccccc64)c4ccccc4-5)cc3)c3ccccc3-c3ccccc3)cc21. The smallest absolute Gasteiger partial charge is 0.0731 e. The van der Waals surface area contributed by atoms with Crippen LogP contribution in [0.1, 0.15) is 47.2 Å². The number of fused-ring (bicyclic) bond motifs is 13. The predicted octanol–water partition coefficient (Wildman–Crippen LogP) is 16.8. The average Bonchev–Trinajstić information content (AvgIpc) is 3.94. The molecule has 306 valence electrons. The lowest BCUT2D eigenvalue weighted by atomic mass is 9.68. The van der Waals surface area contributed by atoms with E-state index >= 15 is 0 Å². The number of benzene rings is 10. The summed E-state index contributed by atoms with van der Waals surface area (Å²) >= 11 is 0. The van der Waals surface area contributed by atoms with Gasteiger partial charge in [0.25, 0.3) is 0 Å². The van der Waals surface area contributed by atoms with Gasteiger partial charge in [-0.1, -0.05) is 220 Å². The van der Waals surface area contributed by atoms with Gasteiger partial charge in [0.1, 0.15) is 0 Å². The van der Waals surface area contributed by atoms with Crippen molar-refractivity contribution in [1.82, 2.24) is 0 Å². The Kier molecular flexibility index (Phi) is 8.24. The van der Waals surface area contributed by atoms with Gasteiger partial charge in [0.2, 0.25) is 0 Å². The van der Waals surface area contributed by atoms with Gasteiger partial charge in [0, 0.05) is 22.4 Å². The zero-order valence-electron chi connectivity index (χ0n) is 36.5. The molecule has 0 unspecified atom stereocenters. The van der Waals surface area contributed by atoms with E-state index in [1.807, 2.05) is 0 Å². The molecule has 0 saturated carbocycles. The Bertz CT molecular complexity index is 3460. The molecule has 1 spiro atoms. The van der Waals surface area contributed by atoms with Crippen LogP contribution >= 0.6 is 0 Å². The van der Waals surface area contributed by atoms with E-state index in [4.69, 9.17) is 0 Å². The van der Waals surface area contributed by atoms with Crippen LogP contribution in [0.15, 0.2) is 237 Å². The molecule has 3 aliphatic carbocycles. The number of nitrogens with zero attached hydrogens (tertiary/aromatic N) is 1. The zero-order chi connectivity index (χ0) is 43.3. The van der Waals surface area contributed by atoms with Crippen molar-refractivity contribution < 1.29 is 0 Å². The van der Waals surface area contributed by atoms with E-state index < -0.39 is 5.41 Å². The molecule has 0 amide bonds. The molecular weight excluding hydrogens is 783 g/mol. The van der Waals surface area contributed by atoms with Crippen molar-refractivity contribution in [3.63, 3.8) is 0 Å². The van der Waals surface area contributed by atoms with E-state index in [2.05, 4.69) is 255 Å². The molecule has 0 aliphatic heterocycles. The van der Waals surface area contributed by atoms with E-state index in [1.54, 1.807) is 0 Å². The number of anilines is 3. The summed E-state index contributed by atoms with van der Waals surface area (Å²) in [4.78, 5) is 2.47. The van der Waals surface area contributed by atoms with Gasteiger partial charge < -0.3 is 4.90 Å². The molecule has 0 saturated heterocycles. The number of hydrogen-bond acceptors (Lipinski definition) is 1. The summed E-state index contributed by atoms with van der Waals surface area (Å²) in [5, 5.41) is 0. The first-order chi connectivity index (χ1) is 32.0. The molecule has 0 radical (unpaired) electrons. The van der Waals surface area contributed by atoms with Crippen molar-refractivity contribution in [3.05, 3.63) is 270 Å². The molecular formula is C64H45N. The van der Waals surface area contributed by atoms with Crippen molar-refractivity contribution in [3.8, 4) is 66.8 Å². The first-order valence-corrected chi connectivity index (χ1v) is 22.8. The van der Waals surface area contributed by atoms with Crippen LogP contribution in [0.5, 0.6) is 0 Å². The maximum atomic E-state index is 2.47. The summed E-state index contributed by atoms with van der Waals surface area (Å²) in [6, 6.07) is 88.2. The molecule has 0 atom stereocenters. The maximum absolute atomic E-state index is 2.47. The van der Waals surface area contributed by atoms with Crippen LogP contribution in [0.4, 0.5) is 17.1 Å². The molecule has 13 rings (SSSR count). The average molecular weight is 828 g/mol. The third kappa shape index (κ3) is 5.33. The summed E-state index contributed by atoms with van der Waals surface area (Å²) in [5.41, 5.74) is 26.1. The van der Waals surface area contributed by atoms with E-state index in [9.17, 15) is 0 Å². The molecule has 10 aromatic rings. The van der Waals surface area contributed by atoms with Gasteiger partial charge in [0.05, 0.1) is 11.1 Å². The second-order valence-electron chi connectivity index (χ2n) is 18.3. The van der Waals surface area contributed by atoms with E-state index in [-0.39, 0.29) is 5.41 Å². The molecule has 0 N–H and O–H groups in total. The Morgan fingerprint density at radius 2 is 0.708 bits per heavy atom. The van der Waals surface area contributed by atoms with Crippen molar-refractivity contribution in [2.45, 2.75) is 24.7 Å². The highest BCUT2D eigenvalue weighted by molar-refractivity contribution is 6.04. The molecule has 0 bridgehead atoms. The lowest BCUT2D eigenvalue weighted by Crippen LogP contribution is -2.26. The Labute approximate surface area is 381 Å². The third-order valence-electron chi connectivity index (χ3n) is 14.7. The molecule has 0 heterocycles. The minimum atomic E-state index is -0.493. The number of para-hydroxylation sites is 1. The van der Waals surface area contributed by atoms with Crippen LogP contribution in [-0.2, 0) is 10.8 Å². The van der Waals surface area contributed by atoms with Gasteiger partial charge in [-0.15, -0.1) is 0 Å². The Morgan fingerprint density at radius 3 is 1.34 bits per heavy atom. The number of hydrogen-bond donors (Lipinski definition) is 0. The minimum Gasteiger partial charge on any atom is -0.310 e. The molecule has 0 aromatic heterocycles. The molecule has 1 nitrogen and oxygen atoms in total. The first-order valence-electron chi connectivity index (χ1n) is 22.8. The van der Waals surface area contributed by atoms with Crippen molar-refractivity contribution in [1.29, 1.82) is 0 Å². The largest absolute Gasteiger partial charge is 0.310 e. The fourth-order valence-corrected chi connectivity index (χ4v) is 11.9. The third-order valence-corrected chi connectivity index (χ3v) is 14.7. The van der Waals surface area contributed by atoms with Crippen LogP contribution < -0.4 is 4.90 Å². The maximum Gasteiger partial charge on any atom is 0.0731 e. The van der Waals surface area contributed by atoms with Crippen LogP contribution in [0.3, 0.4) is 0 Å². The summed E-state index contributed by atoms with van der Waals surface area (Å²) < 4.78 is 0. The van der Waals surface area contributed by atoms with Crippen LogP contribution in [0.25, 0.3) is 66.8 Å². The lowest BCUT2D eigenvalue weighted by Gasteiger charge is -2.33. The van der Waals surface area contributed by atoms with Crippen molar-refractivity contribution in [2.75, 3.05) is 4.90 Å². The van der Waals surface area contributed by atoms with Crippen LogP contribution in [0, 0.1) is 0 Å². The summed E-state index contributed by atoms with van der Waals surface area (Å²) in [6.07, 6.45) is 0. The van der Waals surface area contributed by atoms with Gasteiger partial charge in [-0.25, -0.2) is 0 Å². The van der Waals surface area contributed by atoms with Gasteiger partial charge in [-0.2, -0.15) is 0 Å². The normalized spacial score (nSPS) is 13.9. The van der Waals surface area contributed by atoms with Crippen LogP contribution in [0.2, 0.25) is 0 Å². The van der Waals surface area contributed by atoms with Gasteiger partial charge >= 0.3 is 0 Å². The Balaban J connectivity index is 1.04. The van der Waals surface area contributed by atoms with Gasteiger partial charge in [-0.3, -0.25) is 0 Å². The van der Waals surface area contributed by atoms with Crippen LogP contribution in [-0.4, -0.2) is 0 Å². The summed E-state index contributed by atoms with van der Waals surface area (Å²) in [7, 11) is 0. The molecule has 1 heteroatoms. The fourth-order valence-electron chi connectivity index (χ4n) is 11.9. The van der Waals surface area contributed by atoms with Crippen molar-refractivity contribution >= 4 is 17.1 Å². The molecule has 0 fully saturated rings. The van der Waals surface area contributed by atoms with Crippen molar-refractivity contribution in [2.24, 2.45) is 0 Å².